The third-order valence-corrected chi connectivity index (χ3v) is 8.78. The van der Waals surface area contributed by atoms with Gasteiger partial charge >= 0.3 is 5.97 Å². The fourth-order valence-electron chi connectivity index (χ4n) is 6.07. The number of hydrogen-bond acceptors (Lipinski definition) is 6. The van der Waals surface area contributed by atoms with Crippen molar-refractivity contribution in [1.82, 2.24) is 4.90 Å². The lowest BCUT2D eigenvalue weighted by atomic mass is 9.70. The molecule has 1 spiro atoms. The lowest BCUT2D eigenvalue weighted by molar-refractivity contribution is -0.155. The van der Waals surface area contributed by atoms with Crippen molar-refractivity contribution in [3.05, 3.63) is 54.6 Å². The first-order valence-electron chi connectivity index (χ1n) is 13.0. The van der Waals surface area contributed by atoms with Crippen molar-refractivity contribution in [2.75, 3.05) is 31.2 Å². The number of allylic oxidation sites excluding steroid dienone is 1. The number of aliphatic hydroxyl groups excluding tert-OH is 1. The minimum Gasteiger partial charge on any atom is -0.465 e. The van der Waals surface area contributed by atoms with Crippen molar-refractivity contribution in [2.45, 2.75) is 54.7 Å². The molecule has 0 aliphatic carbocycles. The number of carbonyl (C=O) groups excluding carboxylic acids is 3. The van der Waals surface area contributed by atoms with E-state index in [0.717, 1.165) is 12.8 Å². The Kier molecular flexibility index (Phi) is 9.34. The highest BCUT2D eigenvalue weighted by atomic mass is 79.9. The molecule has 3 saturated heterocycles. The van der Waals surface area contributed by atoms with Crippen molar-refractivity contribution < 1.29 is 29.0 Å². The molecule has 10 heteroatoms. The lowest BCUT2D eigenvalue weighted by Crippen LogP contribution is -2.57. The molecule has 1 aromatic rings. The Labute approximate surface area is 236 Å². The number of hydrogen-bond donors (Lipinski definition) is 1. The van der Waals surface area contributed by atoms with E-state index >= 15 is 0 Å². The third kappa shape index (κ3) is 5.06. The van der Waals surface area contributed by atoms with Gasteiger partial charge in [0.05, 0.1) is 35.3 Å². The number of esters is 1. The number of fused-ring (bicyclic) bond motifs is 1. The van der Waals surface area contributed by atoms with Crippen LogP contribution in [0.25, 0.3) is 0 Å². The number of rotatable bonds is 13. The van der Waals surface area contributed by atoms with Crippen LogP contribution in [0.15, 0.2) is 49.6 Å². The molecule has 1 N–H and O–H groups in total. The fourth-order valence-corrected chi connectivity index (χ4v) is 7.25. The van der Waals surface area contributed by atoms with Gasteiger partial charge in [0.2, 0.25) is 5.91 Å². The maximum absolute atomic E-state index is 14.3. The number of anilines is 1. The molecule has 2 bridgehead atoms. The summed E-state index contributed by atoms with van der Waals surface area (Å²) in [5.41, 5.74) is -0.720. The minimum absolute atomic E-state index is 0.149. The first-order chi connectivity index (χ1) is 18.3. The molecule has 0 radical (unpaired) electrons. The lowest BCUT2D eigenvalue weighted by Gasteiger charge is -2.37. The van der Waals surface area contributed by atoms with Crippen LogP contribution < -0.4 is 4.90 Å². The number of likely N-dealkylation sites (tertiary alicyclic amines) is 1. The van der Waals surface area contributed by atoms with Gasteiger partial charge in [0.25, 0.3) is 5.91 Å². The van der Waals surface area contributed by atoms with Crippen molar-refractivity contribution >= 4 is 51.0 Å². The summed E-state index contributed by atoms with van der Waals surface area (Å²) in [6.07, 6.45) is 5.86. The quantitative estimate of drug-likeness (QED) is 0.158. The molecule has 38 heavy (non-hydrogen) atoms. The summed E-state index contributed by atoms with van der Waals surface area (Å²) in [5, 5.41) is 9.92. The van der Waals surface area contributed by atoms with E-state index in [1.807, 2.05) is 6.08 Å². The standard InChI is InChI=1S/C28H34BrClN2O6/c1-3-5-6-9-16-37-27(36)21-22-25(34)32(14-10-15-33)24(28(22)17-18(29)23(21)38-28)26(35)31(13-4-2)20-12-8-7-11-19(20)30/h3-4,7-8,11-12,18,21-24,33H,1-2,5-6,9-10,13-17H2/t18?,21-,22+,23-,24?,28?/m1/s1. The molecular weight excluding hydrogens is 576 g/mol. The van der Waals surface area contributed by atoms with E-state index in [2.05, 4.69) is 29.1 Å². The van der Waals surface area contributed by atoms with Gasteiger partial charge in [-0.15, -0.1) is 13.2 Å². The zero-order chi connectivity index (χ0) is 27.4. The van der Waals surface area contributed by atoms with Gasteiger partial charge in [-0.25, -0.2) is 0 Å². The summed E-state index contributed by atoms with van der Waals surface area (Å²) in [4.78, 5) is 44.3. The van der Waals surface area contributed by atoms with E-state index in [0.29, 0.717) is 23.6 Å². The van der Waals surface area contributed by atoms with E-state index in [1.165, 1.54) is 9.80 Å². The number of amides is 2. The van der Waals surface area contributed by atoms with Gasteiger partial charge in [0.1, 0.15) is 11.6 Å². The molecule has 6 atom stereocenters. The van der Waals surface area contributed by atoms with Gasteiger partial charge in [-0.3, -0.25) is 14.4 Å². The summed E-state index contributed by atoms with van der Waals surface area (Å²) in [6, 6.07) is 5.98. The number of alkyl halides is 1. The van der Waals surface area contributed by atoms with Gasteiger partial charge in [-0.1, -0.05) is 51.8 Å². The number of halogens is 2. The number of benzene rings is 1. The molecule has 0 saturated carbocycles. The van der Waals surface area contributed by atoms with Crippen molar-refractivity contribution in [1.29, 1.82) is 0 Å². The van der Waals surface area contributed by atoms with Gasteiger partial charge in [-0.2, -0.15) is 0 Å². The Hall–Kier alpha value is -2.20. The number of ether oxygens (including phenoxy) is 2. The molecule has 3 unspecified atom stereocenters. The van der Waals surface area contributed by atoms with Gasteiger partial charge < -0.3 is 24.4 Å². The number of carbonyl (C=O) groups is 3. The summed E-state index contributed by atoms with van der Waals surface area (Å²) < 4.78 is 12.1. The third-order valence-electron chi connectivity index (χ3n) is 7.62. The summed E-state index contributed by atoms with van der Waals surface area (Å²) >= 11 is 10.1. The zero-order valence-corrected chi connectivity index (χ0v) is 23.6. The smallest absolute Gasteiger partial charge is 0.312 e. The molecule has 4 rings (SSSR count). The summed E-state index contributed by atoms with van der Waals surface area (Å²) in [6.45, 7) is 7.91. The van der Waals surface area contributed by atoms with Crippen LogP contribution in [-0.2, 0) is 23.9 Å². The second-order valence-corrected chi connectivity index (χ2v) is 11.5. The second-order valence-electron chi connectivity index (χ2n) is 9.91. The fraction of sp³-hybridized carbons (Fsp3) is 0.536. The van der Waals surface area contributed by atoms with Crippen LogP contribution in [0.2, 0.25) is 5.02 Å². The molecule has 206 valence electrons. The number of para-hydroxylation sites is 1. The van der Waals surface area contributed by atoms with E-state index in [-0.39, 0.29) is 49.4 Å². The molecule has 8 nitrogen and oxygen atoms in total. The van der Waals surface area contributed by atoms with Crippen molar-refractivity contribution in [2.24, 2.45) is 11.8 Å². The molecule has 3 fully saturated rings. The normalized spacial score (nSPS) is 29.3. The highest BCUT2D eigenvalue weighted by molar-refractivity contribution is 9.09. The molecule has 3 heterocycles. The Morgan fingerprint density at radius 3 is 2.71 bits per heavy atom. The van der Waals surface area contributed by atoms with Crippen LogP contribution in [0.5, 0.6) is 0 Å². The summed E-state index contributed by atoms with van der Waals surface area (Å²) in [7, 11) is 0. The van der Waals surface area contributed by atoms with Gasteiger partial charge in [0, 0.05) is 24.5 Å². The van der Waals surface area contributed by atoms with E-state index in [1.54, 1.807) is 30.3 Å². The highest BCUT2D eigenvalue weighted by Crippen LogP contribution is 2.60. The minimum atomic E-state index is -1.21. The first-order valence-corrected chi connectivity index (χ1v) is 14.3. The first kappa shape index (κ1) is 28.8. The summed E-state index contributed by atoms with van der Waals surface area (Å²) in [5.74, 6) is -2.87. The average Bonchev–Trinajstić information content (AvgIpc) is 3.49. The molecular formula is C28H34BrClN2O6. The van der Waals surface area contributed by atoms with Crippen molar-refractivity contribution in [3.8, 4) is 0 Å². The average molecular weight is 610 g/mol. The molecule has 1 aromatic carbocycles. The zero-order valence-electron chi connectivity index (χ0n) is 21.3. The predicted molar refractivity (Wildman–Crippen MR) is 148 cm³/mol. The maximum atomic E-state index is 14.3. The largest absolute Gasteiger partial charge is 0.465 e. The maximum Gasteiger partial charge on any atom is 0.312 e. The Bertz CT molecular complexity index is 1090. The predicted octanol–water partition coefficient (Wildman–Crippen LogP) is 3.89. The van der Waals surface area contributed by atoms with Crippen LogP contribution >= 0.6 is 27.5 Å². The van der Waals surface area contributed by atoms with Crippen LogP contribution in [0.4, 0.5) is 5.69 Å². The monoisotopic (exact) mass is 608 g/mol. The van der Waals surface area contributed by atoms with Gasteiger partial charge in [-0.05, 0) is 44.2 Å². The van der Waals surface area contributed by atoms with Crippen LogP contribution in [0.3, 0.4) is 0 Å². The molecule has 3 aliphatic rings. The Morgan fingerprint density at radius 1 is 1.26 bits per heavy atom. The van der Waals surface area contributed by atoms with Crippen molar-refractivity contribution in [3.63, 3.8) is 0 Å². The SMILES string of the molecule is C=CCCCCOC(=O)[C@H]1[C@@H]2OC3(CC2Br)C(C(=O)N(CC=C)c2ccccc2Cl)N(CCCO)C(=O)[C@H]13. The van der Waals surface area contributed by atoms with E-state index in [4.69, 9.17) is 21.1 Å². The van der Waals surface area contributed by atoms with Crippen LogP contribution in [-0.4, -0.2) is 76.7 Å². The second kappa shape index (κ2) is 12.3. The van der Waals surface area contributed by atoms with Crippen LogP contribution in [0, 0.1) is 11.8 Å². The van der Waals surface area contributed by atoms with Crippen LogP contribution in [0.1, 0.15) is 32.1 Å². The molecule has 3 aliphatic heterocycles. The molecule has 0 aromatic heterocycles. The number of nitrogens with zero attached hydrogens (tertiary/aromatic N) is 2. The number of unbranched alkanes of at least 4 members (excludes halogenated alkanes) is 2. The molecule has 2 amide bonds. The highest BCUT2D eigenvalue weighted by Gasteiger charge is 2.77. The number of aliphatic hydroxyl groups is 1. The van der Waals surface area contributed by atoms with E-state index in [9.17, 15) is 19.5 Å². The Balaban J connectivity index is 1.69. The van der Waals surface area contributed by atoms with Gasteiger partial charge in [0.15, 0.2) is 0 Å². The topological polar surface area (TPSA) is 96.4 Å². The Morgan fingerprint density at radius 2 is 2.03 bits per heavy atom. The van der Waals surface area contributed by atoms with E-state index < -0.39 is 35.6 Å².